The Bertz CT molecular complexity index is 366. The third-order valence-corrected chi connectivity index (χ3v) is 3.15. The highest BCUT2D eigenvalue weighted by atomic mass is 16.2. The second kappa shape index (κ2) is 4.63. The van der Waals surface area contributed by atoms with E-state index in [4.69, 9.17) is 0 Å². The van der Waals surface area contributed by atoms with E-state index in [1.807, 2.05) is 0 Å². The summed E-state index contributed by atoms with van der Waals surface area (Å²) in [5, 5.41) is 9.50. The lowest BCUT2D eigenvalue weighted by molar-refractivity contribution is 0.0913. The van der Waals surface area contributed by atoms with Crippen molar-refractivity contribution in [1.29, 1.82) is 0 Å². The molecule has 0 atom stereocenters. The molecule has 2 rings (SSSR count). The summed E-state index contributed by atoms with van der Waals surface area (Å²) in [4.78, 5) is 15.8. The number of H-pyrrole nitrogens is 1. The van der Waals surface area contributed by atoms with E-state index in [9.17, 15) is 4.79 Å². The summed E-state index contributed by atoms with van der Waals surface area (Å²) in [5.74, 6) is 1.54. The van der Waals surface area contributed by atoms with Gasteiger partial charge in [-0.3, -0.25) is 9.89 Å². The minimum atomic E-state index is -0.163. The molecule has 0 aliphatic heterocycles. The summed E-state index contributed by atoms with van der Waals surface area (Å²) in [5.41, 5.74) is 0. The first kappa shape index (κ1) is 11.1. The molecule has 88 valence electrons. The van der Waals surface area contributed by atoms with Crippen LogP contribution >= 0.6 is 0 Å². The van der Waals surface area contributed by atoms with E-state index >= 15 is 0 Å². The molecule has 1 heterocycles. The molecular weight excluding hydrogens is 204 g/mol. The average Bonchev–Trinajstić information content (AvgIpc) is 2.68. The summed E-state index contributed by atoms with van der Waals surface area (Å²) in [6, 6.07) is 0.294. The molecule has 0 aromatic carbocycles. The first-order chi connectivity index (χ1) is 7.65. The van der Waals surface area contributed by atoms with Gasteiger partial charge >= 0.3 is 0 Å². The fraction of sp³-hybridized carbons (Fsp3) is 0.727. The Hall–Kier alpha value is -1.39. The van der Waals surface area contributed by atoms with Crippen molar-refractivity contribution < 1.29 is 4.79 Å². The zero-order chi connectivity index (χ0) is 11.5. The van der Waals surface area contributed by atoms with E-state index < -0.39 is 0 Å². The van der Waals surface area contributed by atoms with Crippen LogP contribution in [0, 0.1) is 12.8 Å². The molecule has 1 aromatic rings. The van der Waals surface area contributed by atoms with E-state index in [0.29, 0.717) is 11.9 Å². The van der Waals surface area contributed by atoms with Crippen LogP contribution in [0.1, 0.15) is 49.1 Å². The second-order valence-corrected chi connectivity index (χ2v) is 4.67. The van der Waals surface area contributed by atoms with Gasteiger partial charge in [0.1, 0.15) is 5.82 Å². The maximum absolute atomic E-state index is 11.8. The lowest BCUT2D eigenvalue weighted by atomic mass is 9.87. The van der Waals surface area contributed by atoms with Crippen molar-refractivity contribution in [2.75, 3.05) is 0 Å². The first-order valence-corrected chi connectivity index (χ1v) is 5.85. The zero-order valence-electron chi connectivity index (χ0n) is 9.79. The molecular formula is C11H18N4O. The van der Waals surface area contributed by atoms with Gasteiger partial charge in [0.25, 0.3) is 5.91 Å². The van der Waals surface area contributed by atoms with Crippen LogP contribution in [0.5, 0.6) is 0 Å². The van der Waals surface area contributed by atoms with Gasteiger partial charge in [-0.15, -0.1) is 5.10 Å². The Kier molecular flexibility index (Phi) is 3.22. The largest absolute Gasteiger partial charge is 0.347 e. The highest BCUT2D eigenvalue weighted by Gasteiger charge is 2.21. The zero-order valence-corrected chi connectivity index (χ0v) is 9.79. The number of hydrogen-bond donors (Lipinski definition) is 2. The van der Waals surface area contributed by atoms with Crippen molar-refractivity contribution in [1.82, 2.24) is 20.5 Å². The number of amides is 1. The number of aryl methyl sites for hydroxylation is 1. The Morgan fingerprint density at radius 1 is 1.38 bits per heavy atom. The normalized spacial score (nSPS) is 25.4. The van der Waals surface area contributed by atoms with Crippen LogP contribution in [-0.4, -0.2) is 27.1 Å². The lowest BCUT2D eigenvalue weighted by Gasteiger charge is -2.26. The molecule has 5 heteroatoms. The number of aromatic nitrogens is 3. The van der Waals surface area contributed by atoms with Gasteiger partial charge in [0.05, 0.1) is 0 Å². The van der Waals surface area contributed by atoms with Crippen LogP contribution < -0.4 is 5.32 Å². The predicted octanol–water partition coefficient (Wildman–Crippen LogP) is 1.42. The standard InChI is InChI=1S/C11H18N4O/c1-7-3-5-9(6-4-7)13-11(16)10-12-8(2)14-15-10/h7,9H,3-6H2,1-2H3,(H,13,16)(H,12,14,15). The predicted molar refractivity (Wildman–Crippen MR) is 60.0 cm³/mol. The van der Waals surface area contributed by atoms with Gasteiger partial charge in [-0.1, -0.05) is 6.92 Å². The number of rotatable bonds is 2. The molecule has 2 N–H and O–H groups in total. The molecule has 1 fully saturated rings. The number of carbonyl (C=O) groups is 1. The van der Waals surface area contributed by atoms with Gasteiger partial charge in [-0.25, -0.2) is 4.98 Å². The Morgan fingerprint density at radius 2 is 2.06 bits per heavy atom. The molecule has 0 bridgehead atoms. The van der Waals surface area contributed by atoms with Crippen molar-refractivity contribution in [2.24, 2.45) is 5.92 Å². The SMILES string of the molecule is Cc1nc(C(=O)NC2CCC(C)CC2)n[nH]1. The topological polar surface area (TPSA) is 70.7 Å². The maximum Gasteiger partial charge on any atom is 0.291 e. The Balaban J connectivity index is 1.88. The van der Waals surface area contributed by atoms with Crippen molar-refractivity contribution >= 4 is 5.91 Å². The molecule has 5 nitrogen and oxygen atoms in total. The third-order valence-electron chi connectivity index (χ3n) is 3.15. The number of nitrogens with one attached hydrogen (secondary N) is 2. The molecule has 0 radical (unpaired) electrons. The van der Waals surface area contributed by atoms with Crippen LogP contribution in [0.4, 0.5) is 0 Å². The highest BCUT2D eigenvalue weighted by molar-refractivity contribution is 5.90. The Labute approximate surface area is 95.0 Å². The minimum absolute atomic E-state index is 0.163. The van der Waals surface area contributed by atoms with Crippen LogP contribution in [0.2, 0.25) is 0 Å². The monoisotopic (exact) mass is 222 g/mol. The summed E-state index contributed by atoms with van der Waals surface area (Å²) < 4.78 is 0. The van der Waals surface area contributed by atoms with Crippen LogP contribution in [0.25, 0.3) is 0 Å². The van der Waals surface area contributed by atoms with Gasteiger partial charge < -0.3 is 5.32 Å². The van der Waals surface area contributed by atoms with Gasteiger partial charge in [-0.05, 0) is 38.5 Å². The van der Waals surface area contributed by atoms with E-state index in [2.05, 4.69) is 27.4 Å². The number of carbonyl (C=O) groups excluding carboxylic acids is 1. The van der Waals surface area contributed by atoms with Gasteiger partial charge in [-0.2, -0.15) is 0 Å². The summed E-state index contributed by atoms with van der Waals surface area (Å²) >= 11 is 0. The molecule has 1 amide bonds. The molecule has 16 heavy (non-hydrogen) atoms. The third kappa shape index (κ3) is 2.59. The molecule has 0 unspecified atom stereocenters. The fourth-order valence-corrected chi connectivity index (χ4v) is 2.10. The van der Waals surface area contributed by atoms with E-state index in [0.717, 1.165) is 18.8 Å². The highest BCUT2D eigenvalue weighted by Crippen LogP contribution is 2.23. The van der Waals surface area contributed by atoms with Gasteiger partial charge in [0, 0.05) is 6.04 Å². The molecule has 0 spiro atoms. The minimum Gasteiger partial charge on any atom is -0.347 e. The molecule has 1 aliphatic rings. The average molecular weight is 222 g/mol. The molecule has 1 aromatic heterocycles. The smallest absolute Gasteiger partial charge is 0.291 e. The van der Waals surface area contributed by atoms with Crippen molar-refractivity contribution in [3.63, 3.8) is 0 Å². The van der Waals surface area contributed by atoms with Crippen molar-refractivity contribution in [3.8, 4) is 0 Å². The van der Waals surface area contributed by atoms with Gasteiger partial charge in [0.2, 0.25) is 5.82 Å². The van der Waals surface area contributed by atoms with Crippen LogP contribution in [0.15, 0.2) is 0 Å². The van der Waals surface area contributed by atoms with Crippen molar-refractivity contribution in [2.45, 2.75) is 45.6 Å². The number of hydrogen-bond acceptors (Lipinski definition) is 3. The maximum atomic E-state index is 11.8. The first-order valence-electron chi connectivity index (χ1n) is 5.85. The van der Waals surface area contributed by atoms with E-state index in [1.54, 1.807) is 6.92 Å². The quantitative estimate of drug-likeness (QED) is 0.795. The lowest BCUT2D eigenvalue weighted by Crippen LogP contribution is -2.37. The van der Waals surface area contributed by atoms with Crippen molar-refractivity contribution in [3.05, 3.63) is 11.6 Å². The summed E-state index contributed by atoms with van der Waals surface area (Å²) in [6.07, 6.45) is 4.52. The van der Waals surface area contributed by atoms with E-state index in [1.165, 1.54) is 12.8 Å². The van der Waals surface area contributed by atoms with Crippen LogP contribution in [-0.2, 0) is 0 Å². The van der Waals surface area contributed by atoms with Gasteiger partial charge in [0.15, 0.2) is 0 Å². The molecule has 0 saturated heterocycles. The Morgan fingerprint density at radius 3 is 2.62 bits per heavy atom. The molecule has 1 saturated carbocycles. The number of aromatic amines is 1. The van der Waals surface area contributed by atoms with Crippen LogP contribution in [0.3, 0.4) is 0 Å². The summed E-state index contributed by atoms with van der Waals surface area (Å²) in [7, 11) is 0. The van der Waals surface area contributed by atoms with E-state index in [-0.39, 0.29) is 11.7 Å². The number of nitrogens with zero attached hydrogens (tertiary/aromatic N) is 2. The summed E-state index contributed by atoms with van der Waals surface area (Å²) in [6.45, 7) is 4.04. The molecule has 1 aliphatic carbocycles. The second-order valence-electron chi connectivity index (χ2n) is 4.67. The fourth-order valence-electron chi connectivity index (χ4n) is 2.10.